The summed E-state index contributed by atoms with van der Waals surface area (Å²) in [5, 5.41) is 3.29. The minimum atomic E-state index is -4.46. The van der Waals surface area contributed by atoms with Crippen LogP contribution in [-0.2, 0) is 15.8 Å². The van der Waals surface area contributed by atoms with E-state index >= 15 is 0 Å². The Bertz CT molecular complexity index is 497. The lowest BCUT2D eigenvalue weighted by Gasteiger charge is -2.06. The first-order valence-electron chi connectivity index (χ1n) is 4.61. The monoisotopic (exact) mass is 259 g/mol. The second-order valence-electron chi connectivity index (χ2n) is 3.19. The molecular weight excluding hydrogens is 251 g/mol. The zero-order valence-corrected chi connectivity index (χ0v) is 8.86. The molecule has 2 amide bonds. The van der Waals surface area contributed by atoms with Crippen LogP contribution in [0.2, 0.25) is 0 Å². The number of nitrogens with zero attached hydrogens (tertiary/aromatic N) is 1. The van der Waals surface area contributed by atoms with Gasteiger partial charge in [-0.2, -0.15) is 18.3 Å². The van der Waals surface area contributed by atoms with Gasteiger partial charge >= 0.3 is 18.0 Å². The molecule has 0 aliphatic rings. The average Bonchev–Trinajstić information content (AvgIpc) is 2.28. The molecule has 3 N–H and O–H groups in total. The van der Waals surface area contributed by atoms with E-state index in [1.165, 1.54) is 12.1 Å². The van der Waals surface area contributed by atoms with Crippen molar-refractivity contribution in [3.63, 3.8) is 0 Å². The van der Waals surface area contributed by atoms with Crippen molar-refractivity contribution in [1.82, 2.24) is 5.43 Å². The number of rotatable bonds is 2. The van der Waals surface area contributed by atoms with Crippen molar-refractivity contribution in [2.24, 2.45) is 10.8 Å². The van der Waals surface area contributed by atoms with Crippen LogP contribution >= 0.6 is 0 Å². The summed E-state index contributed by atoms with van der Waals surface area (Å²) in [7, 11) is 0. The van der Waals surface area contributed by atoms with Crippen molar-refractivity contribution in [1.29, 1.82) is 0 Å². The number of nitrogens with two attached hydrogens (primary N) is 1. The van der Waals surface area contributed by atoms with Crippen molar-refractivity contribution in [2.75, 3.05) is 0 Å². The molecule has 18 heavy (non-hydrogen) atoms. The summed E-state index contributed by atoms with van der Waals surface area (Å²) in [5.41, 5.74) is 5.67. The molecule has 0 saturated heterocycles. The Morgan fingerprint density at radius 3 is 2.56 bits per heavy atom. The Morgan fingerprint density at radius 1 is 1.33 bits per heavy atom. The molecule has 8 heteroatoms. The van der Waals surface area contributed by atoms with Gasteiger partial charge in [0.15, 0.2) is 0 Å². The Labute approximate surface area is 99.5 Å². The number of hydrogen-bond acceptors (Lipinski definition) is 3. The highest BCUT2D eigenvalue weighted by molar-refractivity contribution is 6.34. The van der Waals surface area contributed by atoms with E-state index in [4.69, 9.17) is 0 Å². The molecule has 5 nitrogen and oxygen atoms in total. The van der Waals surface area contributed by atoms with E-state index < -0.39 is 23.6 Å². The number of primary amides is 1. The number of halogens is 3. The van der Waals surface area contributed by atoms with Crippen LogP contribution in [0.3, 0.4) is 0 Å². The number of carbonyl (C=O) groups excluding carboxylic acids is 2. The molecule has 0 aromatic heterocycles. The largest absolute Gasteiger partial charge is 0.416 e. The van der Waals surface area contributed by atoms with E-state index in [2.05, 4.69) is 10.8 Å². The Morgan fingerprint density at radius 2 is 2.00 bits per heavy atom. The molecule has 0 atom stereocenters. The first kappa shape index (κ1) is 13.7. The standard InChI is InChI=1S/C10H8F3N3O2/c11-10(12,13)7-3-1-2-6(4-7)5-15-16-9(18)8(14)17/h1-5H,(H2,14,17)(H,16,18). The fourth-order valence-electron chi connectivity index (χ4n) is 1.02. The maximum atomic E-state index is 12.3. The number of benzene rings is 1. The van der Waals surface area contributed by atoms with Crippen LogP contribution in [0.5, 0.6) is 0 Å². The summed E-state index contributed by atoms with van der Waals surface area (Å²) in [6, 6.07) is 4.30. The molecule has 0 aliphatic carbocycles. The van der Waals surface area contributed by atoms with Gasteiger partial charge in [-0.3, -0.25) is 9.59 Å². The third-order valence-corrected chi connectivity index (χ3v) is 1.82. The second kappa shape index (κ2) is 5.30. The molecule has 0 saturated carbocycles. The molecule has 0 fully saturated rings. The van der Waals surface area contributed by atoms with Crippen LogP contribution in [-0.4, -0.2) is 18.0 Å². The van der Waals surface area contributed by atoms with Crippen LogP contribution in [0.15, 0.2) is 29.4 Å². The number of hydrazone groups is 1. The third kappa shape index (κ3) is 3.89. The molecule has 1 aromatic rings. The predicted octanol–water partition coefficient (Wildman–Crippen LogP) is 0.641. The van der Waals surface area contributed by atoms with E-state index in [9.17, 15) is 22.8 Å². The first-order valence-corrected chi connectivity index (χ1v) is 4.61. The predicted molar refractivity (Wildman–Crippen MR) is 56.4 cm³/mol. The Balaban J connectivity index is 2.77. The van der Waals surface area contributed by atoms with Crippen molar-refractivity contribution >= 4 is 18.0 Å². The van der Waals surface area contributed by atoms with E-state index in [1.807, 2.05) is 0 Å². The van der Waals surface area contributed by atoms with Crippen LogP contribution in [0.1, 0.15) is 11.1 Å². The summed E-state index contributed by atoms with van der Waals surface area (Å²) < 4.78 is 37.0. The third-order valence-electron chi connectivity index (χ3n) is 1.82. The van der Waals surface area contributed by atoms with Gasteiger partial charge in [-0.1, -0.05) is 12.1 Å². The summed E-state index contributed by atoms with van der Waals surface area (Å²) in [6.07, 6.45) is -3.49. The summed E-state index contributed by atoms with van der Waals surface area (Å²) in [5.74, 6) is -2.39. The summed E-state index contributed by atoms with van der Waals surface area (Å²) in [4.78, 5) is 21.0. The minimum absolute atomic E-state index is 0.120. The van der Waals surface area contributed by atoms with Gasteiger partial charge in [0.2, 0.25) is 0 Å². The lowest BCUT2D eigenvalue weighted by molar-refractivity contribution is -0.137. The van der Waals surface area contributed by atoms with Crippen LogP contribution in [0.4, 0.5) is 13.2 Å². The molecule has 0 spiro atoms. The van der Waals surface area contributed by atoms with Gasteiger partial charge in [-0.25, -0.2) is 5.43 Å². The number of hydrogen-bond donors (Lipinski definition) is 2. The van der Waals surface area contributed by atoms with Crippen molar-refractivity contribution in [2.45, 2.75) is 6.18 Å². The number of carbonyl (C=O) groups is 2. The zero-order chi connectivity index (χ0) is 13.8. The van der Waals surface area contributed by atoms with Gasteiger partial charge in [0, 0.05) is 0 Å². The fourth-order valence-corrected chi connectivity index (χ4v) is 1.02. The quantitative estimate of drug-likeness (QED) is 0.464. The summed E-state index contributed by atoms with van der Waals surface area (Å²) >= 11 is 0. The smallest absolute Gasteiger partial charge is 0.361 e. The molecule has 1 aromatic carbocycles. The van der Waals surface area contributed by atoms with Gasteiger partial charge in [0.1, 0.15) is 0 Å². The molecule has 0 radical (unpaired) electrons. The van der Waals surface area contributed by atoms with E-state index in [0.29, 0.717) is 0 Å². The van der Waals surface area contributed by atoms with Gasteiger partial charge in [-0.05, 0) is 17.7 Å². The highest BCUT2D eigenvalue weighted by Gasteiger charge is 2.30. The number of alkyl halides is 3. The van der Waals surface area contributed by atoms with Crippen molar-refractivity contribution in [3.8, 4) is 0 Å². The molecule has 1 rings (SSSR count). The molecule has 0 aliphatic heterocycles. The SMILES string of the molecule is NC(=O)C(=O)NN=Cc1cccc(C(F)(F)F)c1. The highest BCUT2D eigenvalue weighted by Crippen LogP contribution is 2.29. The van der Waals surface area contributed by atoms with Crippen LogP contribution in [0.25, 0.3) is 0 Å². The summed E-state index contributed by atoms with van der Waals surface area (Å²) in [6.45, 7) is 0. The number of nitrogens with one attached hydrogen (secondary N) is 1. The Hall–Kier alpha value is -2.38. The van der Waals surface area contributed by atoms with Gasteiger partial charge in [0.05, 0.1) is 11.8 Å². The van der Waals surface area contributed by atoms with Gasteiger partial charge in [-0.15, -0.1) is 0 Å². The van der Waals surface area contributed by atoms with Crippen LogP contribution in [0, 0.1) is 0 Å². The lowest BCUT2D eigenvalue weighted by atomic mass is 10.1. The normalized spacial score (nSPS) is 11.5. The van der Waals surface area contributed by atoms with E-state index in [-0.39, 0.29) is 5.56 Å². The Kier molecular flexibility index (Phi) is 4.03. The van der Waals surface area contributed by atoms with Gasteiger partial charge < -0.3 is 5.73 Å². The molecular formula is C10H8F3N3O2. The maximum Gasteiger partial charge on any atom is 0.416 e. The number of amides is 2. The maximum absolute atomic E-state index is 12.3. The minimum Gasteiger partial charge on any atom is -0.361 e. The zero-order valence-electron chi connectivity index (χ0n) is 8.86. The topological polar surface area (TPSA) is 84.5 Å². The van der Waals surface area contributed by atoms with E-state index in [1.54, 1.807) is 5.43 Å². The average molecular weight is 259 g/mol. The molecule has 0 unspecified atom stereocenters. The molecule has 96 valence electrons. The first-order chi connectivity index (χ1) is 8.30. The van der Waals surface area contributed by atoms with Crippen LogP contribution < -0.4 is 11.2 Å². The molecule has 0 bridgehead atoms. The fraction of sp³-hybridized carbons (Fsp3) is 0.100. The molecule has 0 heterocycles. The van der Waals surface area contributed by atoms with E-state index in [0.717, 1.165) is 18.3 Å². The van der Waals surface area contributed by atoms with Gasteiger partial charge in [0.25, 0.3) is 0 Å². The lowest BCUT2D eigenvalue weighted by Crippen LogP contribution is -2.32. The highest BCUT2D eigenvalue weighted by atomic mass is 19.4. The van der Waals surface area contributed by atoms with Crippen molar-refractivity contribution < 1.29 is 22.8 Å². The second-order valence-corrected chi connectivity index (χ2v) is 3.19. The van der Waals surface area contributed by atoms with Crippen molar-refractivity contribution in [3.05, 3.63) is 35.4 Å².